The van der Waals surface area contributed by atoms with Gasteiger partial charge in [-0.2, -0.15) is 0 Å². The fourth-order valence-corrected chi connectivity index (χ4v) is 4.13. The summed E-state index contributed by atoms with van der Waals surface area (Å²) in [5.41, 5.74) is 0.775. The second kappa shape index (κ2) is 7.13. The highest BCUT2D eigenvalue weighted by Gasteiger charge is 2.38. The number of nitrogens with one attached hydrogen (secondary N) is 1. The van der Waals surface area contributed by atoms with E-state index in [1.54, 1.807) is 36.0 Å². The molecular weight excluding hydrogens is 347 g/mol. The number of benzene rings is 1. The van der Waals surface area contributed by atoms with Crippen molar-refractivity contribution in [1.29, 1.82) is 0 Å². The monoisotopic (exact) mass is 370 g/mol. The lowest BCUT2D eigenvalue weighted by Gasteiger charge is -2.23. The van der Waals surface area contributed by atoms with Crippen LogP contribution in [0.3, 0.4) is 0 Å². The second-order valence-electron chi connectivity index (χ2n) is 7.39. The van der Waals surface area contributed by atoms with Gasteiger partial charge in [0.05, 0.1) is 11.6 Å². The minimum Gasteiger partial charge on any atom is -0.339 e. The highest BCUT2D eigenvalue weighted by atomic mass is 19.1. The standard InChI is InChI=1S/C20H23FN4O2/c1-13-22-8-9-24(13)18-7-6-15(11-17(18)21)23-20(27)14-10-19(26)25(12-14)16-4-2-3-5-16/h6-9,11,14,16H,2-5,10,12H2,1H3,(H,23,27)/t14-/m0/s1. The van der Waals surface area contributed by atoms with Crippen molar-refractivity contribution in [2.45, 2.75) is 45.1 Å². The number of halogens is 1. The molecule has 1 N–H and O–H groups in total. The first-order chi connectivity index (χ1) is 13.0. The van der Waals surface area contributed by atoms with Crippen molar-refractivity contribution in [3.05, 3.63) is 42.2 Å². The van der Waals surface area contributed by atoms with E-state index in [2.05, 4.69) is 10.3 Å². The van der Waals surface area contributed by atoms with E-state index in [-0.39, 0.29) is 30.2 Å². The number of rotatable bonds is 4. The number of likely N-dealkylation sites (tertiary alicyclic amines) is 1. The Morgan fingerprint density at radius 3 is 2.74 bits per heavy atom. The molecule has 0 spiro atoms. The van der Waals surface area contributed by atoms with Crippen molar-refractivity contribution in [3.63, 3.8) is 0 Å². The number of hydrogen-bond acceptors (Lipinski definition) is 3. The molecule has 2 heterocycles. The number of carbonyl (C=O) groups excluding carboxylic acids is 2. The summed E-state index contributed by atoms with van der Waals surface area (Å²) < 4.78 is 16.1. The summed E-state index contributed by atoms with van der Waals surface area (Å²) in [5.74, 6) is -0.308. The number of anilines is 1. The smallest absolute Gasteiger partial charge is 0.229 e. The third-order valence-corrected chi connectivity index (χ3v) is 5.60. The first-order valence-corrected chi connectivity index (χ1v) is 9.43. The van der Waals surface area contributed by atoms with Gasteiger partial charge in [-0.25, -0.2) is 9.37 Å². The highest BCUT2D eigenvalue weighted by molar-refractivity contribution is 5.97. The zero-order valence-corrected chi connectivity index (χ0v) is 15.3. The molecule has 1 aliphatic heterocycles. The van der Waals surface area contributed by atoms with Gasteiger partial charge in [-0.3, -0.25) is 9.59 Å². The lowest BCUT2D eigenvalue weighted by Crippen LogP contribution is -2.35. The maximum atomic E-state index is 14.5. The van der Waals surface area contributed by atoms with Crippen LogP contribution in [0.5, 0.6) is 0 Å². The van der Waals surface area contributed by atoms with Crippen LogP contribution in [0.15, 0.2) is 30.6 Å². The molecule has 0 bridgehead atoms. The first kappa shape index (κ1) is 17.7. The zero-order valence-electron chi connectivity index (χ0n) is 15.3. The van der Waals surface area contributed by atoms with E-state index in [0.717, 1.165) is 25.7 Å². The summed E-state index contributed by atoms with van der Waals surface area (Å²) in [7, 11) is 0. The van der Waals surface area contributed by atoms with E-state index >= 15 is 0 Å². The Hall–Kier alpha value is -2.70. The fraction of sp³-hybridized carbons (Fsp3) is 0.450. The number of nitrogens with zero attached hydrogens (tertiary/aromatic N) is 3. The molecule has 27 heavy (non-hydrogen) atoms. The molecule has 1 aliphatic carbocycles. The van der Waals surface area contributed by atoms with Crippen LogP contribution in [0, 0.1) is 18.7 Å². The molecule has 0 radical (unpaired) electrons. The molecule has 0 unspecified atom stereocenters. The number of aryl methyl sites for hydroxylation is 1. The molecule has 7 heteroatoms. The van der Waals surface area contributed by atoms with Gasteiger partial charge >= 0.3 is 0 Å². The number of hydrogen-bond donors (Lipinski definition) is 1. The molecule has 2 aromatic rings. The number of imidazole rings is 1. The van der Waals surface area contributed by atoms with Crippen LogP contribution in [0.4, 0.5) is 10.1 Å². The third-order valence-electron chi connectivity index (χ3n) is 5.60. The Bertz CT molecular complexity index is 873. The molecule has 142 valence electrons. The third kappa shape index (κ3) is 3.46. The van der Waals surface area contributed by atoms with E-state index in [4.69, 9.17) is 0 Å². The van der Waals surface area contributed by atoms with Gasteiger partial charge in [0.1, 0.15) is 11.6 Å². The highest BCUT2D eigenvalue weighted by Crippen LogP contribution is 2.30. The van der Waals surface area contributed by atoms with Crippen molar-refractivity contribution < 1.29 is 14.0 Å². The molecule has 6 nitrogen and oxygen atoms in total. The molecule has 4 rings (SSSR count). The lowest BCUT2D eigenvalue weighted by atomic mass is 10.1. The van der Waals surface area contributed by atoms with Gasteiger partial charge in [0.25, 0.3) is 0 Å². The van der Waals surface area contributed by atoms with Gasteiger partial charge in [-0.1, -0.05) is 12.8 Å². The van der Waals surface area contributed by atoms with E-state index in [1.165, 1.54) is 6.07 Å². The normalized spacial score (nSPS) is 20.4. The van der Waals surface area contributed by atoms with E-state index < -0.39 is 5.82 Å². The van der Waals surface area contributed by atoms with Crippen molar-refractivity contribution in [1.82, 2.24) is 14.5 Å². The topological polar surface area (TPSA) is 67.2 Å². The Morgan fingerprint density at radius 2 is 2.07 bits per heavy atom. The second-order valence-corrected chi connectivity index (χ2v) is 7.39. The van der Waals surface area contributed by atoms with Crippen LogP contribution in [0.25, 0.3) is 5.69 Å². The maximum Gasteiger partial charge on any atom is 0.229 e. The molecule has 1 saturated heterocycles. The van der Waals surface area contributed by atoms with E-state index in [9.17, 15) is 14.0 Å². The van der Waals surface area contributed by atoms with Gasteiger partial charge < -0.3 is 14.8 Å². The molecule has 1 atom stereocenters. The first-order valence-electron chi connectivity index (χ1n) is 9.43. The molecule has 2 fully saturated rings. The Labute approximate surface area is 157 Å². The zero-order chi connectivity index (χ0) is 19.0. The molecular formula is C20H23FN4O2. The number of aromatic nitrogens is 2. The van der Waals surface area contributed by atoms with Crippen molar-refractivity contribution >= 4 is 17.5 Å². The van der Waals surface area contributed by atoms with Crippen LogP contribution in [0.1, 0.15) is 37.9 Å². The summed E-state index contributed by atoms with van der Waals surface area (Å²) >= 11 is 0. The molecule has 2 amide bonds. The summed E-state index contributed by atoms with van der Waals surface area (Å²) in [6, 6.07) is 4.87. The SMILES string of the molecule is Cc1nccn1-c1ccc(NC(=O)[C@H]2CC(=O)N(C3CCCC3)C2)cc1F. The summed E-state index contributed by atoms with van der Waals surface area (Å²) in [4.78, 5) is 30.8. The number of amides is 2. The van der Waals surface area contributed by atoms with Crippen LogP contribution in [-0.2, 0) is 9.59 Å². The van der Waals surface area contributed by atoms with E-state index in [1.807, 2.05) is 4.90 Å². The Kier molecular flexibility index (Phi) is 4.68. The lowest BCUT2D eigenvalue weighted by molar-refractivity contribution is -0.129. The van der Waals surface area contributed by atoms with E-state index in [0.29, 0.717) is 23.7 Å². The summed E-state index contributed by atoms with van der Waals surface area (Å²) in [6.07, 6.45) is 7.88. The van der Waals surface area contributed by atoms with Crippen LogP contribution in [-0.4, -0.2) is 38.9 Å². The van der Waals surface area contributed by atoms with Crippen molar-refractivity contribution in [2.75, 3.05) is 11.9 Å². The van der Waals surface area contributed by atoms with Gasteiger partial charge in [-0.05, 0) is 38.0 Å². The summed E-state index contributed by atoms with van der Waals surface area (Å²) in [6.45, 7) is 2.26. The average molecular weight is 370 g/mol. The average Bonchev–Trinajstić information content (AvgIpc) is 3.36. The Morgan fingerprint density at radius 1 is 1.30 bits per heavy atom. The van der Waals surface area contributed by atoms with Crippen LogP contribution in [0.2, 0.25) is 0 Å². The quantitative estimate of drug-likeness (QED) is 0.899. The number of carbonyl (C=O) groups is 2. The Balaban J connectivity index is 1.43. The van der Waals surface area contributed by atoms with Gasteiger partial charge in [0.2, 0.25) is 11.8 Å². The molecule has 1 saturated carbocycles. The van der Waals surface area contributed by atoms with Crippen molar-refractivity contribution in [2.24, 2.45) is 5.92 Å². The predicted octanol–water partition coefficient (Wildman–Crippen LogP) is 3.05. The minimum atomic E-state index is -0.441. The maximum absolute atomic E-state index is 14.5. The fourth-order valence-electron chi connectivity index (χ4n) is 4.13. The minimum absolute atomic E-state index is 0.0548. The van der Waals surface area contributed by atoms with Crippen LogP contribution >= 0.6 is 0 Å². The molecule has 1 aromatic heterocycles. The van der Waals surface area contributed by atoms with Gasteiger partial charge in [-0.15, -0.1) is 0 Å². The summed E-state index contributed by atoms with van der Waals surface area (Å²) in [5, 5.41) is 2.76. The predicted molar refractivity (Wildman–Crippen MR) is 99.0 cm³/mol. The molecule has 1 aromatic carbocycles. The largest absolute Gasteiger partial charge is 0.339 e. The van der Waals surface area contributed by atoms with Gasteiger partial charge in [0.15, 0.2) is 0 Å². The van der Waals surface area contributed by atoms with Crippen LogP contribution < -0.4 is 5.32 Å². The van der Waals surface area contributed by atoms with Gasteiger partial charge in [0, 0.05) is 37.1 Å². The molecule has 2 aliphatic rings. The van der Waals surface area contributed by atoms with Crippen molar-refractivity contribution in [3.8, 4) is 5.69 Å².